The highest BCUT2D eigenvalue weighted by molar-refractivity contribution is 5.85. The van der Waals surface area contributed by atoms with Gasteiger partial charge in [0.1, 0.15) is 0 Å². The molecular weight excluding hydrogens is 224 g/mol. The third-order valence-corrected chi connectivity index (χ3v) is 3.89. The van der Waals surface area contributed by atoms with Gasteiger partial charge in [0.2, 0.25) is 5.91 Å². The quantitative estimate of drug-likeness (QED) is 0.796. The predicted octanol–water partition coefficient (Wildman–Crippen LogP) is 1.71. The molecule has 94 valence electrons. The first-order valence-corrected chi connectivity index (χ1v) is 6.28. The average molecular weight is 247 g/mol. The van der Waals surface area contributed by atoms with Gasteiger partial charge >= 0.3 is 0 Å². The molecule has 2 rings (SSSR count). The summed E-state index contributed by atoms with van der Waals surface area (Å²) in [6, 6.07) is 0.339. The summed E-state index contributed by atoms with van der Waals surface area (Å²) in [5.74, 6) is 1.24. The van der Waals surface area contributed by atoms with Crippen molar-refractivity contribution >= 4 is 18.3 Å². The van der Waals surface area contributed by atoms with E-state index in [1.807, 2.05) is 0 Å². The minimum Gasteiger partial charge on any atom is -0.353 e. The number of piperidine rings is 1. The molecule has 3 nitrogen and oxygen atoms in total. The highest BCUT2D eigenvalue weighted by atomic mass is 35.5. The SMILES string of the molecule is CC(NC(=O)C1CCC1)C1CCCNC1.Cl. The Balaban J connectivity index is 0.00000128. The molecule has 2 aliphatic rings. The highest BCUT2D eigenvalue weighted by Gasteiger charge is 2.28. The van der Waals surface area contributed by atoms with E-state index in [1.54, 1.807) is 0 Å². The Bertz CT molecular complexity index is 225. The van der Waals surface area contributed by atoms with Gasteiger partial charge in [0.25, 0.3) is 0 Å². The number of hydrogen-bond acceptors (Lipinski definition) is 2. The molecule has 2 N–H and O–H groups in total. The van der Waals surface area contributed by atoms with Crippen LogP contribution in [-0.4, -0.2) is 25.0 Å². The molecule has 0 radical (unpaired) electrons. The lowest BCUT2D eigenvalue weighted by atomic mass is 9.84. The summed E-state index contributed by atoms with van der Waals surface area (Å²) in [5.41, 5.74) is 0. The minimum absolute atomic E-state index is 0. The van der Waals surface area contributed by atoms with Crippen LogP contribution in [0.1, 0.15) is 39.0 Å². The zero-order chi connectivity index (χ0) is 10.7. The standard InChI is InChI=1S/C12H22N2O.ClH/c1-9(11-6-3-7-13-8-11)14-12(15)10-4-2-5-10;/h9-11,13H,2-8H2,1H3,(H,14,15);1H. The van der Waals surface area contributed by atoms with Gasteiger partial charge in [0.15, 0.2) is 0 Å². The first kappa shape index (κ1) is 13.8. The lowest BCUT2D eigenvalue weighted by molar-refractivity contribution is -0.128. The number of nitrogens with one attached hydrogen (secondary N) is 2. The molecule has 0 bridgehead atoms. The largest absolute Gasteiger partial charge is 0.353 e. The Morgan fingerprint density at radius 3 is 2.56 bits per heavy atom. The maximum absolute atomic E-state index is 11.7. The van der Waals surface area contributed by atoms with E-state index in [4.69, 9.17) is 0 Å². The molecule has 2 fully saturated rings. The van der Waals surface area contributed by atoms with Crippen LogP contribution >= 0.6 is 12.4 Å². The molecule has 1 heterocycles. The fraction of sp³-hybridized carbons (Fsp3) is 0.917. The number of hydrogen-bond donors (Lipinski definition) is 2. The van der Waals surface area contributed by atoms with Crippen molar-refractivity contribution in [1.29, 1.82) is 0 Å². The smallest absolute Gasteiger partial charge is 0.223 e. The Kier molecular flexibility index (Phi) is 5.56. The van der Waals surface area contributed by atoms with Gasteiger partial charge in [-0.2, -0.15) is 0 Å². The van der Waals surface area contributed by atoms with Gasteiger partial charge in [-0.15, -0.1) is 12.4 Å². The second-order valence-corrected chi connectivity index (χ2v) is 5.03. The zero-order valence-electron chi connectivity index (χ0n) is 10.00. The lowest BCUT2D eigenvalue weighted by Crippen LogP contribution is -2.47. The third-order valence-electron chi connectivity index (χ3n) is 3.89. The maximum Gasteiger partial charge on any atom is 0.223 e. The number of halogens is 1. The Morgan fingerprint density at radius 2 is 2.06 bits per heavy atom. The molecule has 0 aromatic carbocycles. The van der Waals surface area contributed by atoms with Crippen molar-refractivity contribution in [2.75, 3.05) is 13.1 Å². The van der Waals surface area contributed by atoms with Crippen LogP contribution in [0.2, 0.25) is 0 Å². The predicted molar refractivity (Wildman–Crippen MR) is 67.8 cm³/mol. The number of carbonyl (C=O) groups is 1. The molecule has 0 aromatic rings. The number of amides is 1. The van der Waals surface area contributed by atoms with Crippen LogP contribution in [0.15, 0.2) is 0 Å². The average Bonchev–Trinajstić information content (AvgIpc) is 2.16. The number of carbonyl (C=O) groups excluding carboxylic acids is 1. The first-order chi connectivity index (χ1) is 7.27. The molecule has 1 amide bonds. The summed E-state index contributed by atoms with van der Waals surface area (Å²) >= 11 is 0. The van der Waals surface area contributed by atoms with Gasteiger partial charge in [-0.05, 0) is 51.6 Å². The van der Waals surface area contributed by atoms with Crippen molar-refractivity contribution < 1.29 is 4.79 Å². The molecule has 2 atom stereocenters. The molecule has 2 unspecified atom stereocenters. The molecule has 1 saturated carbocycles. The van der Waals surface area contributed by atoms with Crippen LogP contribution in [0.4, 0.5) is 0 Å². The first-order valence-electron chi connectivity index (χ1n) is 6.28. The van der Waals surface area contributed by atoms with Gasteiger partial charge in [0, 0.05) is 12.0 Å². The maximum atomic E-state index is 11.7. The summed E-state index contributed by atoms with van der Waals surface area (Å²) < 4.78 is 0. The highest BCUT2D eigenvalue weighted by Crippen LogP contribution is 2.26. The van der Waals surface area contributed by atoms with Crippen molar-refractivity contribution in [2.45, 2.75) is 45.1 Å². The van der Waals surface area contributed by atoms with E-state index in [2.05, 4.69) is 17.6 Å². The van der Waals surface area contributed by atoms with Crippen LogP contribution in [0.25, 0.3) is 0 Å². The van der Waals surface area contributed by atoms with Crippen molar-refractivity contribution in [1.82, 2.24) is 10.6 Å². The molecule has 1 saturated heterocycles. The zero-order valence-corrected chi connectivity index (χ0v) is 10.8. The van der Waals surface area contributed by atoms with Gasteiger partial charge in [-0.3, -0.25) is 4.79 Å². The van der Waals surface area contributed by atoms with Crippen molar-refractivity contribution in [3.05, 3.63) is 0 Å². The van der Waals surface area contributed by atoms with E-state index in [1.165, 1.54) is 19.3 Å². The van der Waals surface area contributed by atoms with E-state index in [9.17, 15) is 4.79 Å². The van der Waals surface area contributed by atoms with Gasteiger partial charge in [0.05, 0.1) is 0 Å². The van der Waals surface area contributed by atoms with E-state index in [0.29, 0.717) is 23.8 Å². The third kappa shape index (κ3) is 3.36. The normalized spacial score (nSPS) is 27.4. The minimum atomic E-state index is 0. The van der Waals surface area contributed by atoms with Gasteiger partial charge in [-0.25, -0.2) is 0 Å². The second kappa shape index (κ2) is 6.45. The van der Waals surface area contributed by atoms with Crippen LogP contribution in [0, 0.1) is 11.8 Å². The molecular formula is C12H23ClN2O. The molecule has 16 heavy (non-hydrogen) atoms. The van der Waals surface area contributed by atoms with Crippen molar-refractivity contribution in [2.24, 2.45) is 11.8 Å². The van der Waals surface area contributed by atoms with Crippen LogP contribution in [-0.2, 0) is 4.79 Å². The van der Waals surface area contributed by atoms with Crippen LogP contribution in [0.3, 0.4) is 0 Å². The monoisotopic (exact) mass is 246 g/mol. The van der Waals surface area contributed by atoms with Crippen LogP contribution in [0.5, 0.6) is 0 Å². The molecule has 0 spiro atoms. The summed E-state index contributed by atoms with van der Waals surface area (Å²) in [4.78, 5) is 11.7. The van der Waals surface area contributed by atoms with E-state index in [0.717, 1.165) is 25.9 Å². The Morgan fingerprint density at radius 1 is 1.31 bits per heavy atom. The van der Waals surface area contributed by atoms with Gasteiger partial charge < -0.3 is 10.6 Å². The van der Waals surface area contributed by atoms with Crippen molar-refractivity contribution in [3.63, 3.8) is 0 Å². The second-order valence-electron chi connectivity index (χ2n) is 5.03. The molecule has 1 aliphatic carbocycles. The van der Waals surface area contributed by atoms with Gasteiger partial charge in [-0.1, -0.05) is 6.42 Å². The number of rotatable bonds is 3. The Hall–Kier alpha value is -0.280. The fourth-order valence-electron chi connectivity index (χ4n) is 2.44. The summed E-state index contributed by atoms with van der Waals surface area (Å²) in [5, 5.41) is 6.57. The van der Waals surface area contributed by atoms with Crippen molar-refractivity contribution in [3.8, 4) is 0 Å². The van der Waals surface area contributed by atoms with E-state index < -0.39 is 0 Å². The summed E-state index contributed by atoms with van der Waals surface area (Å²) in [6.07, 6.45) is 5.92. The molecule has 1 aliphatic heterocycles. The van der Waals surface area contributed by atoms with Crippen LogP contribution < -0.4 is 10.6 Å². The topological polar surface area (TPSA) is 41.1 Å². The fourth-order valence-corrected chi connectivity index (χ4v) is 2.44. The molecule has 4 heteroatoms. The Labute approximate surface area is 104 Å². The summed E-state index contributed by atoms with van der Waals surface area (Å²) in [6.45, 7) is 4.35. The lowest BCUT2D eigenvalue weighted by Gasteiger charge is -2.32. The van der Waals surface area contributed by atoms with E-state index >= 15 is 0 Å². The summed E-state index contributed by atoms with van der Waals surface area (Å²) in [7, 11) is 0. The van der Waals surface area contributed by atoms with E-state index in [-0.39, 0.29) is 12.4 Å². The molecule has 0 aromatic heterocycles.